The summed E-state index contributed by atoms with van der Waals surface area (Å²) in [5.74, 6) is -0.273. The number of nitrogens with two attached hydrogens (primary N) is 1. The Kier molecular flexibility index (Phi) is 4.60. The lowest BCUT2D eigenvalue weighted by Crippen LogP contribution is -2.14. The molecule has 3 N–H and O–H groups in total. The first-order valence-electron chi connectivity index (χ1n) is 6.21. The Hall–Kier alpha value is -1.91. The van der Waals surface area contributed by atoms with E-state index in [0.717, 1.165) is 5.69 Å². The largest absolute Gasteiger partial charge is 0.397 e. The molecule has 6 heteroatoms. The number of halogens is 2. The first-order valence-corrected chi connectivity index (χ1v) is 6.97. The molecule has 0 saturated heterocycles. The van der Waals surface area contributed by atoms with E-state index in [1.54, 1.807) is 24.3 Å². The lowest BCUT2D eigenvalue weighted by Gasteiger charge is -2.16. The lowest BCUT2D eigenvalue weighted by molar-refractivity contribution is 0.102. The van der Waals surface area contributed by atoms with Crippen molar-refractivity contribution in [3.8, 4) is 0 Å². The van der Waals surface area contributed by atoms with Crippen LogP contribution in [-0.2, 0) is 0 Å². The SMILES string of the molecule is CN(C)c1ccc(NC(=O)c2ccc(Cl)c(Cl)c2)cc1N. The lowest BCUT2D eigenvalue weighted by atomic mass is 10.2. The highest BCUT2D eigenvalue weighted by Crippen LogP contribution is 2.26. The fraction of sp³-hybridized carbons (Fsp3) is 0.133. The predicted octanol–water partition coefficient (Wildman–Crippen LogP) is 3.89. The van der Waals surface area contributed by atoms with Crippen LogP contribution >= 0.6 is 23.2 Å². The van der Waals surface area contributed by atoms with Crippen molar-refractivity contribution in [2.45, 2.75) is 0 Å². The highest BCUT2D eigenvalue weighted by atomic mass is 35.5. The van der Waals surface area contributed by atoms with Crippen LogP contribution in [0.4, 0.5) is 17.1 Å². The molecule has 0 aliphatic heterocycles. The third-order valence-electron chi connectivity index (χ3n) is 2.95. The van der Waals surface area contributed by atoms with Gasteiger partial charge in [-0.2, -0.15) is 0 Å². The average Bonchev–Trinajstić information content (AvgIpc) is 2.41. The topological polar surface area (TPSA) is 58.4 Å². The summed E-state index contributed by atoms with van der Waals surface area (Å²) in [5, 5.41) is 3.52. The highest BCUT2D eigenvalue weighted by Gasteiger charge is 2.10. The third-order valence-corrected chi connectivity index (χ3v) is 3.69. The summed E-state index contributed by atoms with van der Waals surface area (Å²) >= 11 is 11.7. The maximum atomic E-state index is 12.1. The molecule has 0 spiro atoms. The molecule has 4 nitrogen and oxygen atoms in total. The van der Waals surface area contributed by atoms with Crippen molar-refractivity contribution in [2.24, 2.45) is 0 Å². The van der Waals surface area contributed by atoms with Gasteiger partial charge in [0.25, 0.3) is 5.91 Å². The quantitative estimate of drug-likeness (QED) is 0.842. The molecule has 0 heterocycles. The van der Waals surface area contributed by atoms with Crippen LogP contribution in [0.5, 0.6) is 0 Å². The molecular weight excluding hydrogens is 309 g/mol. The second-order valence-corrected chi connectivity index (χ2v) is 5.57. The Balaban J connectivity index is 2.19. The van der Waals surface area contributed by atoms with Crippen molar-refractivity contribution in [1.82, 2.24) is 0 Å². The van der Waals surface area contributed by atoms with Crippen LogP contribution < -0.4 is 16.0 Å². The van der Waals surface area contributed by atoms with E-state index >= 15 is 0 Å². The van der Waals surface area contributed by atoms with Gasteiger partial charge < -0.3 is 16.0 Å². The molecule has 2 aromatic rings. The summed E-state index contributed by atoms with van der Waals surface area (Å²) in [4.78, 5) is 14.0. The van der Waals surface area contributed by atoms with E-state index in [0.29, 0.717) is 27.0 Å². The van der Waals surface area contributed by atoms with Gasteiger partial charge in [0.15, 0.2) is 0 Å². The van der Waals surface area contributed by atoms with Crippen LogP contribution in [0.15, 0.2) is 36.4 Å². The van der Waals surface area contributed by atoms with E-state index in [1.807, 2.05) is 25.1 Å². The second kappa shape index (κ2) is 6.24. The molecule has 0 aliphatic rings. The van der Waals surface area contributed by atoms with Crippen LogP contribution in [-0.4, -0.2) is 20.0 Å². The summed E-state index contributed by atoms with van der Waals surface area (Å²) < 4.78 is 0. The summed E-state index contributed by atoms with van der Waals surface area (Å²) in [6.45, 7) is 0. The van der Waals surface area contributed by atoms with E-state index in [9.17, 15) is 4.79 Å². The van der Waals surface area contributed by atoms with Gasteiger partial charge in [-0.15, -0.1) is 0 Å². The molecule has 2 aromatic carbocycles. The number of anilines is 3. The molecule has 0 radical (unpaired) electrons. The van der Waals surface area contributed by atoms with Gasteiger partial charge in [-0.25, -0.2) is 0 Å². The van der Waals surface area contributed by atoms with Gasteiger partial charge in [-0.3, -0.25) is 4.79 Å². The van der Waals surface area contributed by atoms with Gasteiger partial charge in [0.05, 0.1) is 21.4 Å². The maximum Gasteiger partial charge on any atom is 0.255 e. The van der Waals surface area contributed by atoms with Crippen LogP contribution in [0.1, 0.15) is 10.4 Å². The van der Waals surface area contributed by atoms with Crippen molar-refractivity contribution in [1.29, 1.82) is 0 Å². The Labute approximate surface area is 133 Å². The van der Waals surface area contributed by atoms with Gasteiger partial charge in [0.1, 0.15) is 0 Å². The van der Waals surface area contributed by atoms with Crippen LogP contribution in [0.2, 0.25) is 10.0 Å². The van der Waals surface area contributed by atoms with Gasteiger partial charge in [-0.05, 0) is 36.4 Å². The zero-order valence-electron chi connectivity index (χ0n) is 11.7. The number of nitrogen functional groups attached to an aromatic ring is 1. The Morgan fingerprint density at radius 1 is 1.10 bits per heavy atom. The number of carbonyl (C=O) groups excluding carboxylic acids is 1. The average molecular weight is 324 g/mol. The molecule has 0 atom stereocenters. The maximum absolute atomic E-state index is 12.1. The highest BCUT2D eigenvalue weighted by molar-refractivity contribution is 6.42. The van der Waals surface area contributed by atoms with Crippen molar-refractivity contribution in [2.75, 3.05) is 30.0 Å². The van der Waals surface area contributed by atoms with Crippen molar-refractivity contribution >= 4 is 46.2 Å². The molecule has 1 amide bonds. The number of nitrogens with zero attached hydrogens (tertiary/aromatic N) is 1. The molecule has 110 valence electrons. The number of hydrogen-bond acceptors (Lipinski definition) is 3. The molecule has 0 bridgehead atoms. The molecule has 0 aromatic heterocycles. The molecule has 0 fully saturated rings. The van der Waals surface area contributed by atoms with E-state index in [2.05, 4.69) is 5.32 Å². The Bertz CT molecular complexity index is 687. The smallest absolute Gasteiger partial charge is 0.255 e. The molecule has 2 rings (SSSR count). The van der Waals surface area contributed by atoms with Crippen molar-refractivity contribution < 1.29 is 4.79 Å². The summed E-state index contributed by atoms with van der Waals surface area (Å²) in [5.41, 5.74) is 8.48. The van der Waals surface area contributed by atoms with Gasteiger partial charge in [-0.1, -0.05) is 23.2 Å². The minimum Gasteiger partial charge on any atom is -0.397 e. The standard InChI is InChI=1S/C15H15Cl2N3O/c1-20(2)14-6-4-10(8-13(14)18)19-15(21)9-3-5-11(16)12(17)7-9/h3-8H,18H2,1-2H3,(H,19,21). The van der Waals surface area contributed by atoms with Crippen LogP contribution in [0.3, 0.4) is 0 Å². The van der Waals surface area contributed by atoms with Crippen molar-refractivity contribution in [3.63, 3.8) is 0 Å². The van der Waals surface area contributed by atoms with E-state index < -0.39 is 0 Å². The van der Waals surface area contributed by atoms with Crippen LogP contribution in [0, 0.1) is 0 Å². The fourth-order valence-corrected chi connectivity index (χ4v) is 2.18. The van der Waals surface area contributed by atoms with Crippen molar-refractivity contribution in [3.05, 3.63) is 52.0 Å². The summed E-state index contributed by atoms with van der Waals surface area (Å²) in [6.07, 6.45) is 0. The number of amides is 1. The molecule has 0 aliphatic carbocycles. The fourth-order valence-electron chi connectivity index (χ4n) is 1.88. The Morgan fingerprint density at radius 3 is 2.38 bits per heavy atom. The minimum atomic E-state index is -0.273. The number of hydrogen-bond donors (Lipinski definition) is 2. The molecule has 21 heavy (non-hydrogen) atoms. The van der Waals surface area contributed by atoms with Crippen LogP contribution in [0.25, 0.3) is 0 Å². The zero-order chi connectivity index (χ0) is 15.6. The van der Waals surface area contributed by atoms with E-state index in [4.69, 9.17) is 28.9 Å². The number of benzene rings is 2. The minimum absolute atomic E-state index is 0.273. The van der Waals surface area contributed by atoms with E-state index in [-0.39, 0.29) is 5.91 Å². The number of nitrogens with one attached hydrogen (secondary N) is 1. The van der Waals surface area contributed by atoms with Gasteiger partial charge in [0, 0.05) is 25.3 Å². The first-order chi connectivity index (χ1) is 9.88. The normalized spacial score (nSPS) is 10.3. The third kappa shape index (κ3) is 3.60. The summed E-state index contributed by atoms with van der Waals surface area (Å²) in [6, 6.07) is 10.1. The predicted molar refractivity (Wildman–Crippen MR) is 89.6 cm³/mol. The molecule has 0 unspecified atom stereocenters. The molecular formula is C15H15Cl2N3O. The van der Waals surface area contributed by atoms with E-state index in [1.165, 1.54) is 6.07 Å². The van der Waals surface area contributed by atoms with Gasteiger partial charge >= 0.3 is 0 Å². The second-order valence-electron chi connectivity index (χ2n) is 4.75. The Morgan fingerprint density at radius 2 is 1.81 bits per heavy atom. The van der Waals surface area contributed by atoms with Gasteiger partial charge in [0.2, 0.25) is 0 Å². The number of carbonyl (C=O) groups is 1. The molecule has 0 saturated carbocycles. The first kappa shape index (κ1) is 15.5. The zero-order valence-corrected chi connectivity index (χ0v) is 13.2. The monoisotopic (exact) mass is 323 g/mol. The summed E-state index contributed by atoms with van der Waals surface area (Å²) in [7, 11) is 3.80. The number of rotatable bonds is 3.